The van der Waals surface area contributed by atoms with Crippen molar-refractivity contribution in [3.05, 3.63) is 28.8 Å². The summed E-state index contributed by atoms with van der Waals surface area (Å²) in [6.07, 6.45) is 2.62. The molecule has 4 heteroatoms. The SMILES string of the molecule is NC1c2cc(Cl)ccc2OCC1CN1CCCC1. The van der Waals surface area contributed by atoms with Crippen LogP contribution in [0.4, 0.5) is 0 Å². The van der Waals surface area contributed by atoms with Gasteiger partial charge < -0.3 is 15.4 Å². The van der Waals surface area contributed by atoms with Crippen molar-refractivity contribution in [1.29, 1.82) is 0 Å². The number of likely N-dealkylation sites (tertiary alicyclic amines) is 1. The molecule has 2 atom stereocenters. The Morgan fingerprint density at radius 2 is 2.11 bits per heavy atom. The highest BCUT2D eigenvalue weighted by molar-refractivity contribution is 6.30. The Hall–Kier alpha value is -0.770. The third-order valence-corrected chi connectivity index (χ3v) is 4.22. The van der Waals surface area contributed by atoms with E-state index >= 15 is 0 Å². The quantitative estimate of drug-likeness (QED) is 0.894. The highest BCUT2D eigenvalue weighted by Gasteiger charge is 2.30. The first-order valence-corrected chi connectivity index (χ1v) is 7.02. The number of ether oxygens (including phenoxy) is 1. The van der Waals surface area contributed by atoms with Gasteiger partial charge in [-0.2, -0.15) is 0 Å². The fraction of sp³-hybridized carbons (Fsp3) is 0.571. The number of fused-ring (bicyclic) bond motifs is 1. The molecule has 0 amide bonds. The average molecular weight is 267 g/mol. The van der Waals surface area contributed by atoms with Crippen molar-refractivity contribution in [2.45, 2.75) is 18.9 Å². The summed E-state index contributed by atoms with van der Waals surface area (Å²) in [6, 6.07) is 5.75. The maximum absolute atomic E-state index is 6.37. The molecule has 3 rings (SSSR count). The third-order valence-electron chi connectivity index (χ3n) is 3.98. The van der Waals surface area contributed by atoms with Crippen molar-refractivity contribution in [1.82, 2.24) is 4.90 Å². The second kappa shape index (κ2) is 5.08. The lowest BCUT2D eigenvalue weighted by Crippen LogP contribution is -2.39. The molecule has 1 saturated heterocycles. The van der Waals surface area contributed by atoms with Gasteiger partial charge in [0.2, 0.25) is 0 Å². The van der Waals surface area contributed by atoms with Crippen molar-refractivity contribution in [2.24, 2.45) is 11.7 Å². The number of benzene rings is 1. The number of hydrogen-bond acceptors (Lipinski definition) is 3. The van der Waals surface area contributed by atoms with Crippen molar-refractivity contribution in [2.75, 3.05) is 26.2 Å². The van der Waals surface area contributed by atoms with Crippen LogP contribution >= 0.6 is 11.6 Å². The van der Waals surface area contributed by atoms with Gasteiger partial charge in [0.15, 0.2) is 0 Å². The van der Waals surface area contributed by atoms with Crippen molar-refractivity contribution in [3.63, 3.8) is 0 Å². The smallest absolute Gasteiger partial charge is 0.124 e. The van der Waals surface area contributed by atoms with Gasteiger partial charge in [-0.05, 0) is 44.1 Å². The standard InChI is InChI=1S/C14H19ClN2O/c15-11-3-4-13-12(7-11)14(16)10(9-18-13)8-17-5-1-2-6-17/h3-4,7,10,14H,1-2,5-6,8-9,16H2. The van der Waals surface area contributed by atoms with E-state index in [1.807, 2.05) is 18.2 Å². The van der Waals surface area contributed by atoms with Gasteiger partial charge >= 0.3 is 0 Å². The van der Waals surface area contributed by atoms with Crippen LogP contribution in [0, 0.1) is 5.92 Å². The van der Waals surface area contributed by atoms with E-state index in [2.05, 4.69) is 4.90 Å². The number of nitrogens with zero attached hydrogens (tertiary/aromatic N) is 1. The largest absolute Gasteiger partial charge is 0.493 e. The lowest BCUT2D eigenvalue weighted by atomic mass is 9.91. The highest BCUT2D eigenvalue weighted by atomic mass is 35.5. The molecule has 2 N–H and O–H groups in total. The van der Waals surface area contributed by atoms with E-state index in [9.17, 15) is 0 Å². The molecule has 18 heavy (non-hydrogen) atoms. The van der Waals surface area contributed by atoms with E-state index in [0.717, 1.165) is 22.9 Å². The summed E-state index contributed by atoms with van der Waals surface area (Å²) in [5.41, 5.74) is 7.43. The van der Waals surface area contributed by atoms with Crippen molar-refractivity contribution < 1.29 is 4.74 Å². The van der Waals surface area contributed by atoms with Gasteiger partial charge in [0.05, 0.1) is 6.61 Å². The van der Waals surface area contributed by atoms with Gasteiger partial charge in [0.25, 0.3) is 0 Å². The summed E-state index contributed by atoms with van der Waals surface area (Å²) in [6.45, 7) is 4.15. The minimum absolute atomic E-state index is 0.0352. The highest BCUT2D eigenvalue weighted by Crippen LogP contribution is 2.36. The molecule has 0 saturated carbocycles. The molecule has 3 nitrogen and oxygen atoms in total. The molecule has 2 heterocycles. The summed E-state index contributed by atoms with van der Waals surface area (Å²) >= 11 is 6.04. The first-order chi connectivity index (χ1) is 8.74. The van der Waals surface area contributed by atoms with E-state index in [-0.39, 0.29) is 6.04 Å². The van der Waals surface area contributed by atoms with E-state index < -0.39 is 0 Å². The Balaban J connectivity index is 1.75. The lowest BCUT2D eigenvalue weighted by Gasteiger charge is -2.33. The Bertz CT molecular complexity index is 432. The molecule has 0 aliphatic carbocycles. The van der Waals surface area contributed by atoms with E-state index in [0.29, 0.717) is 12.5 Å². The van der Waals surface area contributed by atoms with Crippen LogP contribution in [0.5, 0.6) is 5.75 Å². The average Bonchev–Trinajstić information content (AvgIpc) is 2.86. The predicted molar refractivity (Wildman–Crippen MR) is 73.0 cm³/mol. The van der Waals surface area contributed by atoms with Crippen molar-refractivity contribution >= 4 is 11.6 Å². The Morgan fingerprint density at radius 3 is 2.89 bits per heavy atom. The minimum Gasteiger partial charge on any atom is -0.493 e. The lowest BCUT2D eigenvalue weighted by molar-refractivity contribution is 0.151. The summed E-state index contributed by atoms with van der Waals surface area (Å²) in [5, 5.41) is 0.731. The molecule has 1 aromatic rings. The molecule has 0 radical (unpaired) electrons. The first-order valence-electron chi connectivity index (χ1n) is 6.64. The van der Waals surface area contributed by atoms with Crippen molar-refractivity contribution in [3.8, 4) is 5.75 Å². The molecule has 0 bridgehead atoms. The van der Waals surface area contributed by atoms with Crippen LogP contribution in [-0.4, -0.2) is 31.1 Å². The van der Waals surface area contributed by atoms with Crippen LogP contribution in [0.3, 0.4) is 0 Å². The zero-order valence-electron chi connectivity index (χ0n) is 10.4. The first kappa shape index (κ1) is 12.3. The maximum atomic E-state index is 6.37. The van der Waals surface area contributed by atoms with Gasteiger partial charge in [-0.15, -0.1) is 0 Å². The molecule has 0 aromatic heterocycles. The van der Waals surface area contributed by atoms with Crippen LogP contribution in [-0.2, 0) is 0 Å². The molecule has 98 valence electrons. The maximum Gasteiger partial charge on any atom is 0.124 e. The summed E-state index contributed by atoms with van der Waals surface area (Å²) in [4.78, 5) is 2.49. The summed E-state index contributed by atoms with van der Waals surface area (Å²) in [7, 11) is 0. The zero-order valence-corrected chi connectivity index (χ0v) is 11.2. The summed E-state index contributed by atoms with van der Waals surface area (Å²) in [5.74, 6) is 1.26. The molecule has 2 unspecified atom stereocenters. The second-order valence-corrected chi connectivity index (χ2v) is 5.72. The number of nitrogens with two attached hydrogens (primary N) is 1. The fourth-order valence-electron chi connectivity index (χ4n) is 2.93. The Kier molecular flexibility index (Phi) is 3.46. The molecule has 1 aromatic carbocycles. The van der Waals surface area contributed by atoms with Crippen LogP contribution in [0.25, 0.3) is 0 Å². The van der Waals surface area contributed by atoms with Crippen LogP contribution in [0.1, 0.15) is 24.4 Å². The van der Waals surface area contributed by atoms with Gasteiger partial charge in [-0.3, -0.25) is 0 Å². The molecule has 1 fully saturated rings. The Labute approximate surface area is 113 Å². The number of rotatable bonds is 2. The fourth-order valence-corrected chi connectivity index (χ4v) is 3.11. The minimum atomic E-state index is 0.0352. The van der Waals surface area contributed by atoms with Crippen LogP contribution in [0.2, 0.25) is 5.02 Å². The number of halogens is 1. The zero-order chi connectivity index (χ0) is 12.5. The van der Waals surface area contributed by atoms with Gasteiger partial charge in [0.1, 0.15) is 5.75 Å². The van der Waals surface area contributed by atoms with Gasteiger partial charge in [0, 0.05) is 29.1 Å². The molecule has 2 aliphatic rings. The topological polar surface area (TPSA) is 38.5 Å². The van der Waals surface area contributed by atoms with E-state index in [4.69, 9.17) is 22.1 Å². The molecular weight excluding hydrogens is 248 g/mol. The van der Waals surface area contributed by atoms with Crippen LogP contribution < -0.4 is 10.5 Å². The van der Waals surface area contributed by atoms with Crippen LogP contribution in [0.15, 0.2) is 18.2 Å². The monoisotopic (exact) mass is 266 g/mol. The van der Waals surface area contributed by atoms with Gasteiger partial charge in [-0.1, -0.05) is 11.6 Å². The normalized spacial score (nSPS) is 27.9. The second-order valence-electron chi connectivity index (χ2n) is 5.29. The Morgan fingerprint density at radius 1 is 1.33 bits per heavy atom. The van der Waals surface area contributed by atoms with E-state index in [1.54, 1.807) is 0 Å². The predicted octanol–water partition coefficient (Wildman–Crippen LogP) is 2.44. The molecular formula is C14H19ClN2O. The summed E-state index contributed by atoms with van der Waals surface area (Å²) < 4.78 is 5.81. The van der Waals surface area contributed by atoms with E-state index in [1.165, 1.54) is 25.9 Å². The third kappa shape index (κ3) is 2.35. The molecule has 0 spiro atoms. The molecule has 2 aliphatic heterocycles. The number of hydrogen-bond donors (Lipinski definition) is 1. The van der Waals surface area contributed by atoms with Gasteiger partial charge in [-0.25, -0.2) is 0 Å².